The summed E-state index contributed by atoms with van der Waals surface area (Å²) in [6.45, 7) is 0.817. The lowest BCUT2D eigenvalue weighted by molar-refractivity contribution is -0.161. The summed E-state index contributed by atoms with van der Waals surface area (Å²) in [5.74, 6) is -1.62. The number of hydrogen-bond donors (Lipinski definition) is 0. The van der Waals surface area contributed by atoms with E-state index in [9.17, 15) is 22.8 Å². The lowest BCUT2D eigenvalue weighted by atomic mass is 10.1. The number of hydrogen-bond acceptors (Lipinski definition) is 4. The highest BCUT2D eigenvalue weighted by molar-refractivity contribution is 5.93. The van der Waals surface area contributed by atoms with E-state index in [2.05, 4.69) is 11.7 Å². The Morgan fingerprint density at radius 1 is 0.840 bits per heavy atom. The predicted octanol–water partition coefficient (Wildman–Crippen LogP) is 4.92. The minimum absolute atomic E-state index is 0.0586. The van der Waals surface area contributed by atoms with Crippen LogP contribution in [-0.2, 0) is 9.47 Å². The first-order valence-electron chi connectivity index (χ1n) is 8.34. The lowest BCUT2D eigenvalue weighted by Crippen LogP contribution is -2.20. The molecule has 4 nitrogen and oxygen atoms in total. The monoisotopic (exact) mass is 360 g/mol. The molecular formula is C18H23F3O4. The zero-order chi connectivity index (χ0) is 18.7. The van der Waals surface area contributed by atoms with Gasteiger partial charge in [0.25, 0.3) is 0 Å². The van der Waals surface area contributed by atoms with Crippen molar-refractivity contribution in [1.82, 2.24) is 0 Å². The Morgan fingerprint density at radius 2 is 1.32 bits per heavy atom. The number of alkyl halides is 3. The number of ether oxygens (including phenoxy) is 2. The highest BCUT2D eigenvalue weighted by Crippen LogP contribution is 2.16. The standard InChI is InChI=1S/C18H23F3O4/c1-2-3-4-5-6-7-12-24-16(22)14-8-10-15(11-9-14)17(23)25-13-18(19,20)21/h8-11H,2-7,12-13H2,1H3. The normalized spacial score (nSPS) is 11.2. The smallest absolute Gasteiger partial charge is 0.422 e. The molecule has 0 spiro atoms. The van der Waals surface area contributed by atoms with Gasteiger partial charge >= 0.3 is 18.1 Å². The molecular weight excluding hydrogens is 337 g/mol. The number of benzene rings is 1. The van der Waals surface area contributed by atoms with Gasteiger partial charge in [0.1, 0.15) is 0 Å². The second kappa shape index (κ2) is 10.7. The number of esters is 2. The van der Waals surface area contributed by atoms with Crippen LogP contribution >= 0.6 is 0 Å². The van der Waals surface area contributed by atoms with Crippen LogP contribution in [0.15, 0.2) is 24.3 Å². The average molecular weight is 360 g/mol. The van der Waals surface area contributed by atoms with Gasteiger partial charge < -0.3 is 9.47 Å². The van der Waals surface area contributed by atoms with Crippen molar-refractivity contribution >= 4 is 11.9 Å². The van der Waals surface area contributed by atoms with Gasteiger partial charge in [0, 0.05) is 0 Å². The second-order valence-electron chi connectivity index (χ2n) is 5.67. The molecule has 7 heteroatoms. The molecule has 0 aliphatic rings. The Hall–Kier alpha value is -2.05. The van der Waals surface area contributed by atoms with Crippen LogP contribution in [0.25, 0.3) is 0 Å². The zero-order valence-electron chi connectivity index (χ0n) is 14.2. The van der Waals surface area contributed by atoms with Gasteiger partial charge in [0.15, 0.2) is 6.61 Å². The van der Waals surface area contributed by atoms with Crippen molar-refractivity contribution in [1.29, 1.82) is 0 Å². The number of unbranched alkanes of at least 4 members (excludes halogenated alkanes) is 5. The maximum atomic E-state index is 12.0. The predicted molar refractivity (Wildman–Crippen MR) is 86.4 cm³/mol. The fourth-order valence-corrected chi connectivity index (χ4v) is 2.10. The molecule has 0 saturated heterocycles. The van der Waals surface area contributed by atoms with Gasteiger partial charge in [-0.1, -0.05) is 39.0 Å². The Labute approximate surface area is 145 Å². The summed E-state index contributed by atoms with van der Waals surface area (Å²) in [4.78, 5) is 23.3. The van der Waals surface area contributed by atoms with E-state index >= 15 is 0 Å². The van der Waals surface area contributed by atoms with E-state index in [1.165, 1.54) is 43.5 Å². The molecule has 0 bridgehead atoms. The van der Waals surface area contributed by atoms with Crippen LogP contribution < -0.4 is 0 Å². The van der Waals surface area contributed by atoms with Crippen molar-refractivity contribution in [2.75, 3.05) is 13.2 Å². The molecule has 0 aliphatic heterocycles. The summed E-state index contributed by atoms with van der Waals surface area (Å²) >= 11 is 0. The van der Waals surface area contributed by atoms with Gasteiger partial charge in [0.05, 0.1) is 17.7 Å². The Balaban J connectivity index is 2.35. The van der Waals surface area contributed by atoms with Crippen molar-refractivity contribution in [3.8, 4) is 0 Å². The molecule has 0 aliphatic carbocycles. The topological polar surface area (TPSA) is 52.6 Å². The molecule has 0 fully saturated rings. The van der Waals surface area contributed by atoms with E-state index in [0.717, 1.165) is 19.3 Å². The molecule has 1 rings (SSSR count). The van der Waals surface area contributed by atoms with Crippen LogP contribution in [-0.4, -0.2) is 31.3 Å². The quantitative estimate of drug-likeness (QED) is 0.439. The fraction of sp³-hybridized carbons (Fsp3) is 0.556. The van der Waals surface area contributed by atoms with E-state index in [-0.39, 0.29) is 11.1 Å². The maximum Gasteiger partial charge on any atom is 0.422 e. The van der Waals surface area contributed by atoms with Crippen molar-refractivity contribution in [2.45, 2.75) is 51.6 Å². The molecule has 0 saturated carbocycles. The molecule has 140 valence electrons. The Morgan fingerprint density at radius 3 is 1.84 bits per heavy atom. The Bertz CT molecular complexity index is 538. The van der Waals surface area contributed by atoms with E-state index in [1.807, 2.05) is 0 Å². The lowest BCUT2D eigenvalue weighted by Gasteiger charge is -2.08. The van der Waals surface area contributed by atoms with Crippen LogP contribution in [0.3, 0.4) is 0 Å². The number of rotatable bonds is 10. The number of halogens is 3. The molecule has 0 unspecified atom stereocenters. The summed E-state index contributed by atoms with van der Waals surface area (Å²) in [5, 5.41) is 0. The third-order valence-electron chi connectivity index (χ3n) is 3.45. The van der Waals surface area contributed by atoms with Crippen LogP contribution in [0, 0.1) is 0 Å². The van der Waals surface area contributed by atoms with Gasteiger partial charge in [-0.3, -0.25) is 0 Å². The molecule has 0 heterocycles. The number of carbonyl (C=O) groups excluding carboxylic acids is 2. The average Bonchev–Trinajstić information content (AvgIpc) is 2.58. The largest absolute Gasteiger partial charge is 0.462 e. The van der Waals surface area contributed by atoms with E-state index in [4.69, 9.17) is 4.74 Å². The summed E-state index contributed by atoms with van der Waals surface area (Å²) in [6, 6.07) is 5.13. The van der Waals surface area contributed by atoms with Crippen LogP contribution in [0.4, 0.5) is 13.2 Å². The van der Waals surface area contributed by atoms with Gasteiger partial charge in [-0.15, -0.1) is 0 Å². The summed E-state index contributed by atoms with van der Waals surface area (Å²) in [7, 11) is 0. The number of carbonyl (C=O) groups is 2. The van der Waals surface area contributed by atoms with Gasteiger partial charge in [-0.2, -0.15) is 13.2 Å². The molecule has 25 heavy (non-hydrogen) atoms. The molecule has 1 aromatic carbocycles. The summed E-state index contributed by atoms with van der Waals surface area (Å²) in [5.41, 5.74) is 0.176. The zero-order valence-corrected chi connectivity index (χ0v) is 14.2. The first kappa shape index (κ1) is 21.0. The third kappa shape index (κ3) is 9.12. The van der Waals surface area contributed by atoms with E-state index in [0.29, 0.717) is 6.61 Å². The Kier molecular flexibility index (Phi) is 9.02. The summed E-state index contributed by atoms with van der Waals surface area (Å²) in [6.07, 6.45) is 1.88. The minimum atomic E-state index is -4.57. The summed E-state index contributed by atoms with van der Waals surface area (Å²) < 4.78 is 45.2. The van der Waals surface area contributed by atoms with Crippen LogP contribution in [0.1, 0.15) is 66.2 Å². The minimum Gasteiger partial charge on any atom is -0.462 e. The molecule has 1 aromatic rings. The van der Waals surface area contributed by atoms with Crippen molar-refractivity contribution in [3.63, 3.8) is 0 Å². The molecule has 0 N–H and O–H groups in total. The molecule has 0 atom stereocenters. The molecule has 0 radical (unpaired) electrons. The van der Waals surface area contributed by atoms with E-state index in [1.54, 1.807) is 0 Å². The first-order chi connectivity index (χ1) is 11.8. The highest BCUT2D eigenvalue weighted by Gasteiger charge is 2.29. The van der Waals surface area contributed by atoms with E-state index < -0.39 is 24.7 Å². The highest BCUT2D eigenvalue weighted by atomic mass is 19.4. The maximum absolute atomic E-state index is 12.0. The van der Waals surface area contributed by atoms with Crippen molar-refractivity contribution in [3.05, 3.63) is 35.4 Å². The van der Waals surface area contributed by atoms with Crippen molar-refractivity contribution in [2.24, 2.45) is 0 Å². The second-order valence-corrected chi connectivity index (χ2v) is 5.67. The molecule has 0 amide bonds. The third-order valence-corrected chi connectivity index (χ3v) is 3.45. The van der Waals surface area contributed by atoms with Crippen LogP contribution in [0.2, 0.25) is 0 Å². The fourth-order valence-electron chi connectivity index (χ4n) is 2.10. The molecule has 0 aromatic heterocycles. The van der Waals surface area contributed by atoms with Crippen molar-refractivity contribution < 1.29 is 32.2 Å². The van der Waals surface area contributed by atoms with Gasteiger partial charge in [0.2, 0.25) is 0 Å². The van der Waals surface area contributed by atoms with Gasteiger partial charge in [-0.25, -0.2) is 9.59 Å². The first-order valence-corrected chi connectivity index (χ1v) is 8.34. The van der Waals surface area contributed by atoms with Gasteiger partial charge in [-0.05, 0) is 30.7 Å². The SMILES string of the molecule is CCCCCCCCOC(=O)c1ccc(C(=O)OCC(F)(F)F)cc1. The van der Waals surface area contributed by atoms with Crippen LogP contribution in [0.5, 0.6) is 0 Å².